The molecule has 270 valence electrons. The Morgan fingerprint density at radius 3 is 1.28 bits per heavy atom. The first-order valence-electron chi connectivity index (χ1n) is 19.9. The molecule has 0 aliphatic rings. The first kappa shape index (κ1) is 44.8. The van der Waals surface area contributed by atoms with Gasteiger partial charge in [-0.15, -0.1) is 0 Å². The molecule has 0 radical (unpaired) electrons. The van der Waals surface area contributed by atoms with Crippen LogP contribution in [0.15, 0.2) is 48.6 Å². The molecule has 1 unspecified atom stereocenters. The first-order chi connectivity index (χ1) is 22.8. The Bertz CT molecular complexity index is 672. The van der Waals surface area contributed by atoms with Crippen LogP contribution in [0.5, 0.6) is 0 Å². The van der Waals surface area contributed by atoms with Crippen LogP contribution in [0.25, 0.3) is 0 Å². The van der Waals surface area contributed by atoms with Crippen molar-refractivity contribution in [2.45, 2.75) is 174 Å². The van der Waals surface area contributed by atoms with Gasteiger partial charge in [-0.2, -0.15) is 0 Å². The Kier molecular flexibility index (Phi) is 40.7. The van der Waals surface area contributed by atoms with Gasteiger partial charge in [-0.25, -0.2) is 0 Å². The minimum Gasteiger partial charge on any atom is -0.379 e. The second-order valence-corrected chi connectivity index (χ2v) is 12.9. The van der Waals surface area contributed by atoms with Gasteiger partial charge in [0.05, 0.1) is 19.8 Å². The quantitative estimate of drug-likeness (QED) is 0.0536. The molecule has 0 aliphatic carbocycles. The maximum Gasteiger partial charge on any atom is 0.104 e. The highest BCUT2D eigenvalue weighted by atomic mass is 16.6. The van der Waals surface area contributed by atoms with Crippen molar-refractivity contribution in [1.29, 1.82) is 0 Å². The van der Waals surface area contributed by atoms with Gasteiger partial charge in [-0.05, 0) is 84.1 Å². The van der Waals surface area contributed by atoms with Crippen molar-refractivity contribution in [3.8, 4) is 0 Å². The molecule has 0 aromatic rings. The molecule has 0 saturated carbocycles. The van der Waals surface area contributed by atoms with E-state index in [4.69, 9.17) is 14.2 Å². The lowest BCUT2D eigenvalue weighted by Gasteiger charge is -2.18. The third kappa shape index (κ3) is 39.0. The van der Waals surface area contributed by atoms with E-state index in [0.29, 0.717) is 19.8 Å². The summed E-state index contributed by atoms with van der Waals surface area (Å²) in [4.78, 5) is 0. The highest BCUT2D eigenvalue weighted by Crippen LogP contribution is 2.11. The standard InChI is InChI=1S/C42H79NO3/c1-4-6-8-10-12-14-16-18-20-22-24-26-28-30-32-34-37-44-40-42(41-45-39-36-43-3)46-38-35-33-31-29-27-25-23-21-19-17-15-13-11-9-7-5-2/h12-15,18-21,42-43H,4-11,16-17,22-41H2,1-3H3/b14-12-,15-13-,20-18-,21-19-. The van der Waals surface area contributed by atoms with E-state index in [9.17, 15) is 0 Å². The molecule has 1 atom stereocenters. The molecule has 0 aromatic carbocycles. The lowest BCUT2D eigenvalue weighted by molar-refractivity contribution is -0.0605. The Hall–Kier alpha value is -1.20. The van der Waals surface area contributed by atoms with Crippen LogP contribution in [-0.4, -0.2) is 52.7 Å². The summed E-state index contributed by atoms with van der Waals surface area (Å²) in [7, 11) is 1.96. The third-order valence-corrected chi connectivity index (χ3v) is 8.29. The molecular formula is C42H79NO3. The molecule has 4 nitrogen and oxygen atoms in total. The van der Waals surface area contributed by atoms with Crippen molar-refractivity contribution in [1.82, 2.24) is 5.32 Å². The molecule has 0 amide bonds. The minimum atomic E-state index is 0.0411. The van der Waals surface area contributed by atoms with Gasteiger partial charge in [0, 0.05) is 19.8 Å². The summed E-state index contributed by atoms with van der Waals surface area (Å²) in [6.07, 6.45) is 49.2. The minimum absolute atomic E-state index is 0.0411. The molecule has 0 bridgehead atoms. The Balaban J connectivity index is 3.71. The van der Waals surface area contributed by atoms with Crippen LogP contribution in [0.4, 0.5) is 0 Å². The zero-order valence-corrected chi connectivity index (χ0v) is 31.1. The van der Waals surface area contributed by atoms with Crippen LogP contribution < -0.4 is 5.32 Å². The number of hydrogen-bond acceptors (Lipinski definition) is 4. The topological polar surface area (TPSA) is 39.7 Å². The summed E-state index contributed by atoms with van der Waals surface area (Å²) < 4.78 is 18.0. The highest BCUT2D eigenvalue weighted by Gasteiger charge is 2.10. The van der Waals surface area contributed by atoms with Crippen LogP contribution >= 0.6 is 0 Å². The second kappa shape index (κ2) is 41.8. The lowest BCUT2D eigenvalue weighted by Crippen LogP contribution is -2.28. The summed E-state index contributed by atoms with van der Waals surface area (Å²) in [5, 5.41) is 3.14. The number of allylic oxidation sites excluding steroid dienone is 8. The maximum absolute atomic E-state index is 6.18. The molecule has 0 rings (SSSR count). The van der Waals surface area contributed by atoms with Gasteiger partial charge >= 0.3 is 0 Å². The van der Waals surface area contributed by atoms with Crippen LogP contribution in [0.1, 0.15) is 168 Å². The van der Waals surface area contributed by atoms with E-state index in [1.165, 1.54) is 128 Å². The van der Waals surface area contributed by atoms with Crippen LogP contribution in [0.2, 0.25) is 0 Å². The summed E-state index contributed by atoms with van der Waals surface area (Å²) in [6, 6.07) is 0. The van der Waals surface area contributed by atoms with E-state index in [1.807, 2.05) is 7.05 Å². The molecule has 0 heterocycles. The highest BCUT2D eigenvalue weighted by molar-refractivity contribution is 4.93. The molecule has 0 aliphatic heterocycles. The normalized spacial score (nSPS) is 13.0. The van der Waals surface area contributed by atoms with E-state index >= 15 is 0 Å². The van der Waals surface area contributed by atoms with Gasteiger partial charge in [-0.3, -0.25) is 0 Å². The van der Waals surface area contributed by atoms with Crippen molar-refractivity contribution in [2.24, 2.45) is 0 Å². The average Bonchev–Trinajstić information content (AvgIpc) is 3.07. The molecule has 46 heavy (non-hydrogen) atoms. The van der Waals surface area contributed by atoms with E-state index in [2.05, 4.69) is 67.8 Å². The SMILES string of the molecule is CCCCC/C=C\C/C=C\CCCCCCCCOCC(COCCNC)OCCCCCCCC/C=C\C/C=C\CCCCC. The van der Waals surface area contributed by atoms with Gasteiger partial charge in [0.25, 0.3) is 0 Å². The first-order valence-corrected chi connectivity index (χ1v) is 19.9. The summed E-state index contributed by atoms with van der Waals surface area (Å²) in [5.41, 5.74) is 0. The number of unbranched alkanes of at least 4 members (excludes halogenated alkanes) is 18. The average molecular weight is 646 g/mol. The van der Waals surface area contributed by atoms with Crippen LogP contribution in [0, 0.1) is 0 Å². The fraction of sp³-hybridized carbons (Fsp3) is 0.810. The van der Waals surface area contributed by atoms with E-state index in [1.54, 1.807) is 0 Å². The molecule has 0 spiro atoms. The number of rotatable bonds is 38. The van der Waals surface area contributed by atoms with E-state index in [-0.39, 0.29) is 6.10 Å². The third-order valence-electron chi connectivity index (χ3n) is 8.29. The smallest absolute Gasteiger partial charge is 0.104 e. The second-order valence-electron chi connectivity index (χ2n) is 12.9. The Morgan fingerprint density at radius 1 is 0.435 bits per heavy atom. The molecular weight excluding hydrogens is 566 g/mol. The Labute approximate surface area is 288 Å². The van der Waals surface area contributed by atoms with Gasteiger partial charge in [0.2, 0.25) is 0 Å². The fourth-order valence-corrected chi connectivity index (χ4v) is 5.28. The number of nitrogens with one attached hydrogen (secondary N) is 1. The van der Waals surface area contributed by atoms with Crippen LogP contribution in [-0.2, 0) is 14.2 Å². The van der Waals surface area contributed by atoms with Gasteiger partial charge in [0.15, 0.2) is 0 Å². The van der Waals surface area contributed by atoms with E-state index in [0.717, 1.165) is 45.4 Å². The van der Waals surface area contributed by atoms with Crippen molar-refractivity contribution in [3.05, 3.63) is 48.6 Å². The lowest BCUT2D eigenvalue weighted by atomic mass is 10.1. The Morgan fingerprint density at radius 2 is 0.826 bits per heavy atom. The van der Waals surface area contributed by atoms with Crippen molar-refractivity contribution >= 4 is 0 Å². The van der Waals surface area contributed by atoms with Crippen molar-refractivity contribution < 1.29 is 14.2 Å². The molecule has 0 aromatic heterocycles. The fourth-order valence-electron chi connectivity index (χ4n) is 5.28. The van der Waals surface area contributed by atoms with E-state index < -0.39 is 0 Å². The molecule has 4 heteroatoms. The number of likely N-dealkylation sites (N-methyl/N-ethyl adjacent to an activating group) is 1. The van der Waals surface area contributed by atoms with Crippen LogP contribution in [0.3, 0.4) is 0 Å². The van der Waals surface area contributed by atoms with Gasteiger partial charge in [-0.1, -0.05) is 140 Å². The molecule has 0 fully saturated rings. The zero-order chi connectivity index (χ0) is 33.3. The summed E-state index contributed by atoms with van der Waals surface area (Å²) in [5.74, 6) is 0. The molecule has 1 N–H and O–H groups in total. The maximum atomic E-state index is 6.18. The molecule has 0 saturated heterocycles. The van der Waals surface area contributed by atoms with Gasteiger partial charge in [0.1, 0.15) is 6.10 Å². The van der Waals surface area contributed by atoms with Crippen molar-refractivity contribution in [2.75, 3.05) is 46.6 Å². The van der Waals surface area contributed by atoms with Gasteiger partial charge < -0.3 is 19.5 Å². The predicted molar refractivity (Wildman–Crippen MR) is 204 cm³/mol. The summed E-state index contributed by atoms with van der Waals surface area (Å²) >= 11 is 0. The van der Waals surface area contributed by atoms with Crippen molar-refractivity contribution in [3.63, 3.8) is 0 Å². The largest absolute Gasteiger partial charge is 0.379 e. The zero-order valence-electron chi connectivity index (χ0n) is 31.1. The summed E-state index contributed by atoms with van der Waals surface area (Å²) in [6.45, 7) is 9.01. The monoisotopic (exact) mass is 646 g/mol. The predicted octanol–water partition coefficient (Wildman–Crippen LogP) is 12.3. The number of ether oxygens (including phenoxy) is 3. The number of hydrogen-bond donors (Lipinski definition) is 1.